The molecular formula is C17H16Cl2N2O3. The normalized spacial score (nSPS) is 10.3. The van der Waals surface area contributed by atoms with Gasteiger partial charge in [-0.15, -0.1) is 0 Å². The highest BCUT2D eigenvalue weighted by atomic mass is 35.5. The van der Waals surface area contributed by atoms with Crippen LogP contribution in [-0.4, -0.2) is 23.5 Å². The second kappa shape index (κ2) is 8.04. The standard InChI is InChI=1S/C17H16Cl2N2O3/c1-10(22)21-14-2-3-15(16(23)9-14)17(24)20-5-4-11-6-12(18)8-13(19)7-11/h2-3,6-9,23H,4-5H2,1H3,(H,20,24)(H,21,22). The molecule has 0 aliphatic rings. The summed E-state index contributed by atoms with van der Waals surface area (Å²) in [6.07, 6.45) is 0.552. The third-order valence-corrected chi connectivity index (χ3v) is 3.62. The van der Waals surface area contributed by atoms with Crippen molar-refractivity contribution < 1.29 is 14.7 Å². The van der Waals surface area contributed by atoms with E-state index >= 15 is 0 Å². The number of phenols is 1. The fraction of sp³-hybridized carbons (Fsp3) is 0.176. The Labute approximate surface area is 149 Å². The summed E-state index contributed by atoms with van der Waals surface area (Å²) in [6.45, 7) is 1.72. The van der Waals surface area contributed by atoms with Crippen molar-refractivity contribution >= 4 is 40.7 Å². The molecule has 0 aliphatic heterocycles. The number of aromatic hydroxyl groups is 1. The summed E-state index contributed by atoms with van der Waals surface area (Å²) in [4.78, 5) is 23.1. The van der Waals surface area contributed by atoms with Crippen molar-refractivity contribution in [1.29, 1.82) is 0 Å². The van der Waals surface area contributed by atoms with E-state index in [4.69, 9.17) is 23.2 Å². The number of benzene rings is 2. The summed E-state index contributed by atoms with van der Waals surface area (Å²) in [7, 11) is 0. The van der Waals surface area contributed by atoms with Gasteiger partial charge in [0.25, 0.3) is 5.91 Å². The molecule has 0 unspecified atom stereocenters. The third kappa shape index (κ3) is 5.15. The molecule has 0 aromatic heterocycles. The molecule has 0 saturated carbocycles. The van der Waals surface area contributed by atoms with E-state index in [9.17, 15) is 14.7 Å². The predicted octanol–water partition coefficient (Wildman–Crippen LogP) is 3.63. The van der Waals surface area contributed by atoms with Gasteiger partial charge in [0.15, 0.2) is 0 Å². The molecule has 3 N–H and O–H groups in total. The average molecular weight is 367 g/mol. The summed E-state index contributed by atoms with van der Waals surface area (Å²) < 4.78 is 0. The number of amides is 2. The lowest BCUT2D eigenvalue weighted by Crippen LogP contribution is -2.25. The van der Waals surface area contributed by atoms with Crippen LogP contribution in [0.3, 0.4) is 0 Å². The van der Waals surface area contributed by atoms with Crippen molar-refractivity contribution in [3.63, 3.8) is 0 Å². The Morgan fingerprint density at radius 3 is 2.33 bits per heavy atom. The lowest BCUT2D eigenvalue weighted by atomic mass is 10.1. The first-order chi connectivity index (χ1) is 11.3. The largest absolute Gasteiger partial charge is 0.507 e. The van der Waals surface area contributed by atoms with Crippen LogP contribution in [0.4, 0.5) is 5.69 Å². The molecule has 0 atom stereocenters. The summed E-state index contributed by atoms with van der Waals surface area (Å²) in [6, 6.07) is 9.52. The average Bonchev–Trinajstić information content (AvgIpc) is 2.45. The lowest BCUT2D eigenvalue weighted by Gasteiger charge is -2.09. The predicted molar refractivity (Wildman–Crippen MR) is 94.9 cm³/mol. The molecule has 2 rings (SSSR count). The maximum Gasteiger partial charge on any atom is 0.255 e. The van der Waals surface area contributed by atoms with Crippen molar-refractivity contribution in [2.45, 2.75) is 13.3 Å². The molecule has 0 bridgehead atoms. The highest BCUT2D eigenvalue weighted by Crippen LogP contribution is 2.22. The minimum atomic E-state index is -0.407. The molecule has 0 fully saturated rings. The zero-order chi connectivity index (χ0) is 17.7. The number of nitrogens with one attached hydrogen (secondary N) is 2. The van der Waals surface area contributed by atoms with Gasteiger partial charge in [0, 0.05) is 35.3 Å². The van der Waals surface area contributed by atoms with Crippen molar-refractivity contribution in [3.8, 4) is 5.75 Å². The van der Waals surface area contributed by atoms with Crippen molar-refractivity contribution in [1.82, 2.24) is 5.32 Å². The minimum Gasteiger partial charge on any atom is -0.507 e. The zero-order valence-electron chi connectivity index (χ0n) is 12.9. The molecule has 0 radical (unpaired) electrons. The molecule has 0 saturated heterocycles. The van der Waals surface area contributed by atoms with Crippen LogP contribution in [0, 0.1) is 0 Å². The quantitative estimate of drug-likeness (QED) is 0.755. The molecule has 7 heteroatoms. The van der Waals surface area contributed by atoms with Gasteiger partial charge in [-0.05, 0) is 42.3 Å². The first kappa shape index (κ1) is 18.1. The van der Waals surface area contributed by atoms with Gasteiger partial charge in [-0.25, -0.2) is 0 Å². The van der Waals surface area contributed by atoms with E-state index < -0.39 is 5.91 Å². The van der Waals surface area contributed by atoms with E-state index in [0.717, 1.165) is 5.56 Å². The molecule has 2 aromatic rings. The molecule has 0 aliphatic carbocycles. The number of carbonyl (C=O) groups excluding carboxylic acids is 2. The Hall–Kier alpha value is -2.24. The SMILES string of the molecule is CC(=O)Nc1ccc(C(=O)NCCc2cc(Cl)cc(Cl)c2)c(O)c1. The Balaban J connectivity index is 1.96. The smallest absolute Gasteiger partial charge is 0.255 e. The Morgan fingerprint density at radius 2 is 1.75 bits per heavy atom. The zero-order valence-corrected chi connectivity index (χ0v) is 14.4. The molecule has 126 valence electrons. The minimum absolute atomic E-state index is 0.133. The monoisotopic (exact) mass is 366 g/mol. The van der Waals surface area contributed by atoms with E-state index in [2.05, 4.69) is 10.6 Å². The first-order valence-electron chi connectivity index (χ1n) is 7.19. The second-order valence-corrected chi connectivity index (χ2v) is 6.07. The molecule has 5 nitrogen and oxygen atoms in total. The molecule has 0 heterocycles. The third-order valence-electron chi connectivity index (χ3n) is 3.18. The van der Waals surface area contributed by atoms with Gasteiger partial charge >= 0.3 is 0 Å². The van der Waals surface area contributed by atoms with E-state index in [1.165, 1.54) is 19.1 Å². The van der Waals surface area contributed by atoms with E-state index in [1.807, 2.05) is 0 Å². The Bertz CT molecular complexity index is 758. The lowest BCUT2D eigenvalue weighted by molar-refractivity contribution is -0.114. The van der Waals surface area contributed by atoms with Gasteiger partial charge in [-0.1, -0.05) is 23.2 Å². The number of anilines is 1. The van der Waals surface area contributed by atoms with Gasteiger partial charge in [-0.3, -0.25) is 9.59 Å². The first-order valence-corrected chi connectivity index (χ1v) is 7.94. The van der Waals surface area contributed by atoms with Crippen LogP contribution in [0.2, 0.25) is 10.0 Å². The number of hydrogen-bond donors (Lipinski definition) is 3. The van der Waals surface area contributed by atoms with Crippen molar-refractivity contribution in [3.05, 3.63) is 57.6 Å². The highest BCUT2D eigenvalue weighted by Gasteiger charge is 2.11. The van der Waals surface area contributed by atoms with Gasteiger partial charge in [0.05, 0.1) is 5.56 Å². The van der Waals surface area contributed by atoms with E-state index in [0.29, 0.717) is 28.7 Å². The van der Waals surface area contributed by atoms with E-state index in [-0.39, 0.29) is 17.2 Å². The van der Waals surface area contributed by atoms with Gasteiger partial charge in [-0.2, -0.15) is 0 Å². The number of halogens is 2. The van der Waals surface area contributed by atoms with E-state index in [1.54, 1.807) is 24.3 Å². The summed E-state index contributed by atoms with van der Waals surface area (Å²) >= 11 is 11.8. The molecule has 2 amide bonds. The van der Waals surface area contributed by atoms with Crippen LogP contribution >= 0.6 is 23.2 Å². The second-order valence-electron chi connectivity index (χ2n) is 5.20. The van der Waals surface area contributed by atoms with Crippen molar-refractivity contribution in [2.75, 3.05) is 11.9 Å². The Morgan fingerprint density at radius 1 is 1.08 bits per heavy atom. The fourth-order valence-corrected chi connectivity index (χ4v) is 2.75. The Kier molecular flexibility index (Phi) is 6.06. The summed E-state index contributed by atoms with van der Waals surface area (Å²) in [5, 5.41) is 16.2. The maximum atomic E-state index is 12.1. The highest BCUT2D eigenvalue weighted by molar-refractivity contribution is 6.34. The number of rotatable bonds is 5. The van der Waals surface area contributed by atoms with Gasteiger partial charge < -0.3 is 15.7 Å². The molecule has 2 aromatic carbocycles. The molecule has 0 spiro atoms. The van der Waals surface area contributed by atoms with Crippen LogP contribution in [-0.2, 0) is 11.2 Å². The molecular weight excluding hydrogens is 351 g/mol. The van der Waals surface area contributed by atoms with Crippen LogP contribution in [0.5, 0.6) is 5.75 Å². The summed E-state index contributed by atoms with van der Waals surface area (Å²) in [5.41, 5.74) is 1.45. The van der Waals surface area contributed by atoms with Crippen molar-refractivity contribution in [2.24, 2.45) is 0 Å². The number of carbonyl (C=O) groups is 2. The van der Waals surface area contributed by atoms with Gasteiger partial charge in [0.2, 0.25) is 5.91 Å². The van der Waals surface area contributed by atoms with Crippen LogP contribution in [0.25, 0.3) is 0 Å². The maximum absolute atomic E-state index is 12.1. The molecule has 24 heavy (non-hydrogen) atoms. The van der Waals surface area contributed by atoms with Crippen LogP contribution in [0.1, 0.15) is 22.8 Å². The van der Waals surface area contributed by atoms with Gasteiger partial charge in [0.1, 0.15) is 5.75 Å². The summed E-state index contributed by atoms with van der Waals surface area (Å²) in [5.74, 6) is -0.869. The fourth-order valence-electron chi connectivity index (χ4n) is 2.18. The number of hydrogen-bond acceptors (Lipinski definition) is 3. The van der Waals surface area contributed by atoms with Crippen LogP contribution in [0.15, 0.2) is 36.4 Å². The number of phenolic OH excluding ortho intramolecular Hbond substituents is 1. The topological polar surface area (TPSA) is 78.4 Å². The van der Waals surface area contributed by atoms with Crippen LogP contribution < -0.4 is 10.6 Å².